The van der Waals surface area contributed by atoms with Crippen molar-refractivity contribution in [2.75, 3.05) is 0 Å². The van der Waals surface area contributed by atoms with Gasteiger partial charge in [0.05, 0.1) is 5.69 Å². The van der Waals surface area contributed by atoms with E-state index in [0.717, 1.165) is 10.7 Å². The monoisotopic (exact) mass is 150 g/mol. The zero-order valence-electron chi connectivity index (χ0n) is 5.24. The predicted molar refractivity (Wildman–Crippen MR) is 41.9 cm³/mol. The second kappa shape index (κ2) is 2.27. The van der Waals surface area contributed by atoms with E-state index in [4.69, 9.17) is 0 Å². The molecule has 0 aliphatic carbocycles. The number of H-pyrrole nitrogens is 1. The van der Waals surface area contributed by atoms with E-state index in [9.17, 15) is 0 Å². The van der Waals surface area contributed by atoms with Crippen LogP contribution in [0.3, 0.4) is 0 Å². The first-order chi connectivity index (χ1) is 4.97. The molecule has 0 saturated carbocycles. The van der Waals surface area contributed by atoms with Crippen LogP contribution in [0.1, 0.15) is 0 Å². The van der Waals surface area contributed by atoms with Gasteiger partial charge in [-0.2, -0.15) is 0 Å². The van der Waals surface area contributed by atoms with Crippen molar-refractivity contribution in [3.8, 4) is 10.7 Å². The van der Waals surface area contributed by atoms with Gasteiger partial charge in [0.15, 0.2) is 0 Å². The van der Waals surface area contributed by atoms with Crippen molar-refractivity contribution in [1.82, 2.24) is 9.97 Å². The topological polar surface area (TPSA) is 28.7 Å². The lowest BCUT2D eigenvalue weighted by molar-refractivity contribution is 1.34. The Labute approximate surface area is 62.6 Å². The molecule has 2 rings (SSSR count). The number of aromatic amines is 1. The number of thiazole rings is 1. The molecule has 0 aromatic carbocycles. The van der Waals surface area contributed by atoms with Crippen molar-refractivity contribution in [3.05, 3.63) is 29.9 Å². The molecule has 0 aliphatic heterocycles. The largest absolute Gasteiger partial charge is 0.359 e. The predicted octanol–water partition coefficient (Wildman–Crippen LogP) is 2.14. The van der Waals surface area contributed by atoms with Crippen LogP contribution in [0.4, 0.5) is 0 Å². The Balaban J connectivity index is 2.48. The Hall–Kier alpha value is -1.09. The number of hydrogen-bond acceptors (Lipinski definition) is 2. The maximum Gasteiger partial charge on any atom is 0.139 e. The first-order valence-corrected chi connectivity index (χ1v) is 3.88. The first-order valence-electron chi connectivity index (χ1n) is 3.00. The summed E-state index contributed by atoms with van der Waals surface area (Å²) in [7, 11) is 0. The Morgan fingerprint density at radius 3 is 3.10 bits per heavy atom. The molecule has 0 saturated heterocycles. The zero-order chi connectivity index (χ0) is 6.81. The van der Waals surface area contributed by atoms with Gasteiger partial charge in [0, 0.05) is 17.8 Å². The van der Waals surface area contributed by atoms with Gasteiger partial charge in [0.1, 0.15) is 5.01 Å². The third-order valence-electron chi connectivity index (χ3n) is 1.26. The third kappa shape index (κ3) is 0.844. The van der Waals surface area contributed by atoms with Crippen molar-refractivity contribution in [1.29, 1.82) is 0 Å². The molecule has 0 bridgehead atoms. The first kappa shape index (κ1) is 5.68. The average molecular weight is 150 g/mol. The molecule has 0 radical (unpaired) electrons. The summed E-state index contributed by atoms with van der Waals surface area (Å²) in [6.45, 7) is 0. The lowest BCUT2D eigenvalue weighted by Gasteiger charge is -1.85. The molecule has 1 N–H and O–H groups in total. The normalized spacial score (nSPS) is 10.0. The van der Waals surface area contributed by atoms with Crippen LogP contribution >= 0.6 is 11.3 Å². The standard InChI is InChI=1S/C7H6N2S/c1-2-6(8-3-1)7-9-4-5-10-7/h1-5,8H. The highest BCUT2D eigenvalue weighted by molar-refractivity contribution is 7.13. The molecule has 0 aliphatic rings. The molecular formula is C7H6N2S. The van der Waals surface area contributed by atoms with Crippen LogP contribution in [0, 0.1) is 0 Å². The molecule has 2 heterocycles. The van der Waals surface area contributed by atoms with Crippen molar-refractivity contribution >= 4 is 11.3 Å². The zero-order valence-corrected chi connectivity index (χ0v) is 6.06. The fourth-order valence-electron chi connectivity index (χ4n) is 0.820. The molecule has 50 valence electrons. The van der Waals surface area contributed by atoms with Gasteiger partial charge >= 0.3 is 0 Å². The van der Waals surface area contributed by atoms with Gasteiger partial charge in [-0.05, 0) is 12.1 Å². The van der Waals surface area contributed by atoms with Gasteiger partial charge in [0.25, 0.3) is 0 Å². The van der Waals surface area contributed by atoms with Crippen LogP contribution in [0.25, 0.3) is 10.7 Å². The number of nitrogens with one attached hydrogen (secondary N) is 1. The number of hydrogen-bond donors (Lipinski definition) is 1. The third-order valence-corrected chi connectivity index (χ3v) is 2.07. The Kier molecular flexibility index (Phi) is 1.29. The molecule has 0 spiro atoms. The maximum absolute atomic E-state index is 4.15. The molecule has 0 unspecified atom stereocenters. The van der Waals surface area contributed by atoms with E-state index in [1.165, 1.54) is 0 Å². The lowest BCUT2D eigenvalue weighted by atomic mass is 10.5. The Bertz CT molecular complexity index is 251. The summed E-state index contributed by atoms with van der Waals surface area (Å²) in [5, 5.41) is 3.01. The van der Waals surface area contributed by atoms with Gasteiger partial charge in [-0.25, -0.2) is 4.98 Å². The van der Waals surface area contributed by atoms with Crippen molar-refractivity contribution < 1.29 is 0 Å². The van der Waals surface area contributed by atoms with Gasteiger partial charge < -0.3 is 4.98 Å². The van der Waals surface area contributed by atoms with Crippen molar-refractivity contribution in [2.45, 2.75) is 0 Å². The van der Waals surface area contributed by atoms with E-state index in [2.05, 4.69) is 9.97 Å². The maximum atomic E-state index is 4.15. The molecule has 0 amide bonds. The molecule has 10 heavy (non-hydrogen) atoms. The second-order valence-corrected chi connectivity index (χ2v) is 2.82. The summed E-state index contributed by atoms with van der Waals surface area (Å²) in [6.07, 6.45) is 3.71. The van der Waals surface area contributed by atoms with E-state index in [-0.39, 0.29) is 0 Å². The number of aromatic nitrogens is 2. The fraction of sp³-hybridized carbons (Fsp3) is 0. The molecule has 2 aromatic rings. The SMILES string of the molecule is c1c[nH]c(-c2nccs2)c1. The van der Waals surface area contributed by atoms with Gasteiger partial charge in [-0.3, -0.25) is 0 Å². The molecule has 0 atom stereocenters. The van der Waals surface area contributed by atoms with Gasteiger partial charge in [-0.15, -0.1) is 11.3 Å². The quantitative estimate of drug-likeness (QED) is 0.662. The highest BCUT2D eigenvalue weighted by Crippen LogP contribution is 2.18. The second-order valence-electron chi connectivity index (χ2n) is 1.92. The number of nitrogens with zero attached hydrogens (tertiary/aromatic N) is 1. The highest BCUT2D eigenvalue weighted by atomic mass is 32.1. The van der Waals surface area contributed by atoms with E-state index >= 15 is 0 Å². The lowest BCUT2D eigenvalue weighted by Crippen LogP contribution is -1.70. The van der Waals surface area contributed by atoms with Crippen molar-refractivity contribution in [3.63, 3.8) is 0 Å². The van der Waals surface area contributed by atoms with Crippen LogP contribution in [0.5, 0.6) is 0 Å². The summed E-state index contributed by atoms with van der Waals surface area (Å²) in [6, 6.07) is 3.98. The van der Waals surface area contributed by atoms with Gasteiger partial charge in [0.2, 0.25) is 0 Å². The number of rotatable bonds is 1. The Morgan fingerprint density at radius 1 is 1.50 bits per heavy atom. The molecule has 3 heteroatoms. The molecule has 0 fully saturated rings. The minimum absolute atomic E-state index is 1.05. The van der Waals surface area contributed by atoms with Crippen LogP contribution in [-0.2, 0) is 0 Å². The fourth-order valence-corrected chi connectivity index (χ4v) is 1.45. The minimum atomic E-state index is 1.05. The van der Waals surface area contributed by atoms with E-state index < -0.39 is 0 Å². The smallest absolute Gasteiger partial charge is 0.139 e. The van der Waals surface area contributed by atoms with E-state index in [0.29, 0.717) is 0 Å². The molecular weight excluding hydrogens is 144 g/mol. The minimum Gasteiger partial charge on any atom is -0.359 e. The highest BCUT2D eigenvalue weighted by Gasteiger charge is 1.97. The summed E-state index contributed by atoms with van der Waals surface area (Å²) < 4.78 is 0. The van der Waals surface area contributed by atoms with Crippen LogP contribution in [0.15, 0.2) is 29.9 Å². The Morgan fingerprint density at radius 2 is 2.50 bits per heavy atom. The molecule has 2 aromatic heterocycles. The van der Waals surface area contributed by atoms with Crippen LogP contribution in [0.2, 0.25) is 0 Å². The van der Waals surface area contributed by atoms with Crippen LogP contribution < -0.4 is 0 Å². The average Bonchev–Trinajstić information content (AvgIpc) is 2.59. The van der Waals surface area contributed by atoms with E-state index in [1.54, 1.807) is 17.5 Å². The van der Waals surface area contributed by atoms with Crippen LogP contribution in [-0.4, -0.2) is 9.97 Å². The summed E-state index contributed by atoms with van der Waals surface area (Å²) in [5.41, 5.74) is 1.09. The van der Waals surface area contributed by atoms with Gasteiger partial charge in [-0.1, -0.05) is 0 Å². The summed E-state index contributed by atoms with van der Waals surface area (Å²) >= 11 is 1.64. The van der Waals surface area contributed by atoms with Crippen molar-refractivity contribution in [2.24, 2.45) is 0 Å². The summed E-state index contributed by atoms with van der Waals surface area (Å²) in [4.78, 5) is 7.23. The summed E-state index contributed by atoms with van der Waals surface area (Å²) in [5.74, 6) is 0. The van der Waals surface area contributed by atoms with E-state index in [1.807, 2.05) is 23.7 Å². The molecule has 2 nitrogen and oxygen atoms in total.